The van der Waals surface area contributed by atoms with Crippen molar-refractivity contribution >= 4 is 11.8 Å². The van der Waals surface area contributed by atoms with Crippen molar-refractivity contribution in [2.45, 2.75) is 37.5 Å². The van der Waals surface area contributed by atoms with E-state index in [9.17, 15) is 14.0 Å². The molecule has 2 fully saturated rings. The van der Waals surface area contributed by atoms with Gasteiger partial charge in [0, 0.05) is 6.42 Å². The first kappa shape index (κ1) is 14.2. The van der Waals surface area contributed by atoms with Gasteiger partial charge in [-0.25, -0.2) is 4.39 Å². The predicted octanol–water partition coefficient (Wildman–Crippen LogP) is 1.81. The van der Waals surface area contributed by atoms with Gasteiger partial charge in [0.05, 0.1) is 5.92 Å². The van der Waals surface area contributed by atoms with Crippen molar-refractivity contribution in [2.24, 2.45) is 0 Å². The molecule has 2 aliphatic rings. The lowest BCUT2D eigenvalue weighted by molar-refractivity contribution is -0.134. The molecule has 0 aliphatic carbocycles. The maximum absolute atomic E-state index is 14.4. The average molecular weight is 290 g/mol. The van der Waals surface area contributed by atoms with Crippen LogP contribution in [-0.2, 0) is 9.59 Å². The number of amides is 2. The normalized spacial score (nSPS) is 24.0. The van der Waals surface area contributed by atoms with E-state index < -0.39 is 5.92 Å². The van der Waals surface area contributed by atoms with Crippen LogP contribution in [0.25, 0.3) is 0 Å². The van der Waals surface area contributed by atoms with Crippen LogP contribution in [0, 0.1) is 5.82 Å². The van der Waals surface area contributed by atoms with Gasteiger partial charge < -0.3 is 5.32 Å². The highest BCUT2D eigenvalue weighted by atomic mass is 19.1. The summed E-state index contributed by atoms with van der Waals surface area (Å²) in [5.41, 5.74) is 1.41. The van der Waals surface area contributed by atoms with E-state index >= 15 is 0 Å². The van der Waals surface area contributed by atoms with Crippen molar-refractivity contribution < 1.29 is 14.0 Å². The number of piperidine rings is 2. The highest BCUT2D eigenvalue weighted by molar-refractivity contribution is 6.00. The molecule has 21 heavy (non-hydrogen) atoms. The molecule has 4 nitrogen and oxygen atoms in total. The van der Waals surface area contributed by atoms with Crippen LogP contribution < -0.4 is 10.6 Å². The molecule has 2 saturated heterocycles. The van der Waals surface area contributed by atoms with Gasteiger partial charge in [-0.2, -0.15) is 0 Å². The molecule has 2 heterocycles. The lowest BCUT2D eigenvalue weighted by Gasteiger charge is -2.25. The molecule has 1 atom stereocenters. The molecule has 2 N–H and O–H groups in total. The molecule has 0 saturated carbocycles. The van der Waals surface area contributed by atoms with Gasteiger partial charge in [-0.1, -0.05) is 12.1 Å². The van der Waals surface area contributed by atoms with E-state index in [-0.39, 0.29) is 23.5 Å². The summed E-state index contributed by atoms with van der Waals surface area (Å²) in [7, 11) is 0. The molecular formula is C16H19FN2O2. The summed E-state index contributed by atoms with van der Waals surface area (Å²) < 4.78 is 14.4. The summed E-state index contributed by atoms with van der Waals surface area (Å²) >= 11 is 0. The number of rotatable bonds is 2. The molecule has 0 radical (unpaired) electrons. The van der Waals surface area contributed by atoms with E-state index in [2.05, 4.69) is 10.6 Å². The molecular weight excluding hydrogens is 271 g/mol. The second-order valence-corrected chi connectivity index (χ2v) is 5.81. The van der Waals surface area contributed by atoms with E-state index in [1.807, 2.05) is 12.1 Å². The Morgan fingerprint density at radius 3 is 2.52 bits per heavy atom. The standard InChI is InChI=1S/C16H19FN2O2/c17-14-9-11(13-3-4-15(20)19-16(13)21)1-2-12(14)10-5-7-18-8-6-10/h1-2,9-10,13,18H,3-8H2,(H,19,20,21). The van der Waals surface area contributed by atoms with Gasteiger partial charge in [-0.05, 0) is 55.5 Å². The summed E-state index contributed by atoms with van der Waals surface area (Å²) in [6, 6.07) is 5.11. The highest BCUT2D eigenvalue weighted by Crippen LogP contribution is 2.31. The topological polar surface area (TPSA) is 58.2 Å². The van der Waals surface area contributed by atoms with Crippen molar-refractivity contribution in [2.75, 3.05) is 13.1 Å². The van der Waals surface area contributed by atoms with E-state index in [0.29, 0.717) is 18.4 Å². The number of carbonyl (C=O) groups excluding carboxylic acids is 2. The van der Waals surface area contributed by atoms with Gasteiger partial charge in [0.25, 0.3) is 0 Å². The summed E-state index contributed by atoms with van der Waals surface area (Å²) in [6.45, 7) is 1.83. The molecule has 0 spiro atoms. The molecule has 5 heteroatoms. The quantitative estimate of drug-likeness (QED) is 0.817. The van der Waals surface area contributed by atoms with Crippen molar-refractivity contribution in [1.82, 2.24) is 10.6 Å². The van der Waals surface area contributed by atoms with Crippen molar-refractivity contribution in [3.8, 4) is 0 Å². The van der Waals surface area contributed by atoms with Gasteiger partial charge in [0.15, 0.2) is 0 Å². The fourth-order valence-electron chi connectivity index (χ4n) is 3.24. The maximum Gasteiger partial charge on any atom is 0.234 e. The zero-order valence-electron chi connectivity index (χ0n) is 11.8. The largest absolute Gasteiger partial charge is 0.317 e. The number of carbonyl (C=O) groups is 2. The fraction of sp³-hybridized carbons (Fsp3) is 0.500. The first-order valence-corrected chi connectivity index (χ1v) is 7.49. The number of hydrogen-bond acceptors (Lipinski definition) is 3. The van der Waals surface area contributed by atoms with Gasteiger partial charge in [0.1, 0.15) is 5.82 Å². The predicted molar refractivity (Wildman–Crippen MR) is 76.4 cm³/mol. The van der Waals surface area contributed by atoms with E-state index in [4.69, 9.17) is 0 Å². The smallest absolute Gasteiger partial charge is 0.234 e. The molecule has 0 aromatic heterocycles. The number of imide groups is 1. The Morgan fingerprint density at radius 2 is 1.86 bits per heavy atom. The second kappa shape index (κ2) is 5.93. The Balaban J connectivity index is 1.80. The minimum Gasteiger partial charge on any atom is -0.317 e. The minimum absolute atomic E-state index is 0.232. The lowest BCUT2D eigenvalue weighted by Crippen LogP contribution is -2.39. The average Bonchev–Trinajstić information content (AvgIpc) is 2.48. The van der Waals surface area contributed by atoms with Crippen molar-refractivity contribution in [3.63, 3.8) is 0 Å². The van der Waals surface area contributed by atoms with Gasteiger partial charge in [-0.15, -0.1) is 0 Å². The Labute approximate surface area is 123 Å². The second-order valence-electron chi connectivity index (χ2n) is 5.81. The van der Waals surface area contributed by atoms with E-state index in [1.165, 1.54) is 6.07 Å². The molecule has 1 aromatic carbocycles. The Hall–Kier alpha value is -1.75. The third-order valence-corrected chi connectivity index (χ3v) is 4.45. The van der Waals surface area contributed by atoms with Gasteiger partial charge in [-0.3, -0.25) is 14.9 Å². The molecule has 1 unspecified atom stereocenters. The van der Waals surface area contributed by atoms with Gasteiger partial charge in [0.2, 0.25) is 11.8 Å². The van der Waals surface area contributed by atoms with Crippen LogP contribution in [-0.4, -0.2) is 24.9 Å². The third-order valence-electron chi connectivity index (χ3n) is 4.45. The summed E-state index contributed by atoms with van der Waals surface area (Å²) in [4.78, 5) is 23.0. The monoisotopic (exact) mass is 290 g/mol. The minimum atomic E-state index is -0.417. The van der Waals surface area contributed by atoms with Crippen LogP contribution in [0.15, 0.2) is 18.2 Å². The van der Waals surface area contributed by atoms with E-state index in [0.717, 1.165) is 31.5 Å². The summed E-state index contributed by atoms with van der Waals surface area (Å²) in [5, 5.41) is 5.59. The molecule has 112 valence electrons. The fourth-order valence-corrected chi connectivity index (χ4v) is 3.24. The highest BCUT2D eigenvalue weighted by Gasteiger charge is 2.29. The van der Waals surface area contributed by atoms with Crippen molar-refractivity contribution in [1.29, 1.82) is 0 Å². The molecule has 0 bridgehead atoms. The first-order chi connectivity index (χ1) is 10.1. The summed E-state index contributed by atoms with van der Waals surface area (Å²) in [6.07, 6.45) is 2.65. The molecule has 2 amide bonds. The number of nitrogens with one attached hydrogen (secondary N) is 2. The number of halogens is 1. The van der Waals surface area contributed by atoms with Crippen LogP contribution in [0.1, 0.15) is 48.6 Å². The first-order valence-electron chi connectivity index (χ1n) is 7.49. The zero-order chi connectivity index (χ0) is 14.8. The maximum atomic E-state index is 14.4. The van der Waals surface area contributed by atoms with Crippen LogP contribution in [0.3, 0.4) is 0 Å². The Morgan fingerprint density at radius 1 is 1.10 bits per heavy atom. The summed E-state index contributed by atoms with van der Waals surface area (Å²) in [5.74, 6) is -0.964. The SMILES string of the molecule is O=C1CCC(c2ccc(C3CCNCC3)c(F)c2)C(=O)N1. The van der Waals surface area contributed by atoms with Crippen LogP contribution in [0.5, 0.6) is 0 Å². The molecule has 2 aliphatic heterocycles. The third kappa shape index (κ3) is 2.97. The Kier molecular flexibility index (Phi) is 4.01. The van der Waals surface area contributed by atoms with Crippen LogP contribution in [0.2, 0.25) is 0 Å². The molecule has 3 rings (SSSR count). The zero-order valence-corrected chi connectivity index (χ0v) is 11.8. The van der Waals surface area contributed by atoms with E-state index in [1.54, 1.807) is 0 Å². The van der Waals surface area contributed by atoms with Crippen molar-refractivity contribution in [3.05, 3.63) is 35.1 Å². The Bertz CT molecular complexity index is 567. The van der Waals surface area contributed by atoms with Crippen LogP contribution >= 0.6 is 0 Å². The van der Waals surface area contributed by atoms with Gasteiger partial charge >= 0.3 is 0 Å². The number of benzene rings is 1. The van der Waals surface area contributed by atoms with Crippen LogP contribution in [0.4, 0.5) is 4.39 Å². The lowest BCUT2D eigenvalue weighted by atomic mass is 9.86. The molecule has 1 aromatic rings. The number of hydrogen-bond donors (Lipinski definition) is 2.